The van der Waals surface area contributed by atoms with Crippen molar-refractivity contribution >= 4 is 46.6 Å². The first-order chi connectivity index (χ1) is 14.7. The number of halogens is 1. The van der Waals surface area contributed by atoms with Crippen LogP contribution in [-0.2, 0) is 13.2 Å². The number of aromatic nitrogens is 3. The molecule has 0 spiro atoms. The SMILES string of the molecule is Cl.O=C(Nc1nc2cc(CO)ccc2n1CC1CCCN1)c1ccc(-c2cnco2)s1. The molecule has 1 saturated heterocycles. The van der Waals surface area contributed by atoms with Gasteiger partial charge in [0, 0.05) is 12.6 Å². The van der Waals surface area contributed by atoms with Crippen molar-refractivity contribution in [2.45, 2.75) is 32.0 Å². The quantitative estimate of drug-likeness (QED) is 0.406. The number of hydrogen-bond acceptors (Lipinski definition) is 7. The molecule has 8 nitrogen and oxygen atoms in total. The second kappa shape index (κ2) is 9.19. The van der Waals surface area contributed by atoms with Crippen LogP contribution < -0.4 is 10.6 Å². The lowest BCUT2D eigenvalue weighted by Crippen LogP contribution is -2.28. The highest BCUT2D eigenvalue weighted by Gasteiger charge is 2.21. The fourth-order valence-corrected chi connectivity index (χ4v) is 4.63. The third-order valence-electron chi connectivity index (χ3n) is 5.29. The zero-order valence-corrected chi connectivity index (χ0v) is 18.2. The van der Waals surface area contributed by atoms with Gasteiger partial charge in [-0.2, -0.15) is 0 Å². The smallest absolute Gasteiger partial charge is 0.268 e. The van der Waals surface area contributed by atoms with E-state index in [-0.39, 0.29) is 24.9 Å². The monoisotopic (exact) mass is 459 g/mol. The summed E-state index contributed by atoms with van der Waals surface area (Å²) in [6.45, 7) is 1.68. The molecule has 3 N–H and O–H groups in total. The Morgan fingerprint density at radius 1 is 1.35 bits per heavy atom. The van der Waals surface area contributed by atoms with E-state index >= 15 is 0 Å². The Balaban J connectivity index is 0.00000231. The molecule has 10 heteroatoms. The van der Waals surface area contributed by atoms with Crippen molar-refractivity contribution < 1.29 is 14.3 Å². The number of aliphatic hydroxyl groups excluding tert-OH is 1. The first-order valence-electron chi connectivity index (χ1n) is 9.85. The molecule has 0 aliphatic carbocycles. The molecule has 4 aromatic rings. The van der Waals surface area contributed by atoms with E-state index in [1.807, 2.05) is 28.8 Å². The number of nitrogens with one attached hydrogen (secondary N) is 2. The molecule has 5 rings (SSSR count). The van der Waals surface area contributed by atoms with E-state index in [1.54, 1.807) is 12.3 Å². The van der Waals surface area contributed by atoms with Gasteiger partial charge in [-0.05, 0) is 49.2 Å². The summed E-state index contributed by atoms with van der Waals surface area (Å²) in [4.78, 5) is 22.9. The standard InChI is InChI=1S/C21H21N5O3S.ClH/c27-11-13-3-4-16-15(8-13)24-21(26(16)10-14-2-1-7-23-14)25-20(28)19-6-5-18(30-19)17-9-22-12-29-17;/h3-6,8-9,12,14,23,27H,1-2,7,10-11H2,(H,24,25,28);1H. The molecule has 1 aliphatic heterocycles. The average Bonchev–Trinajstić information content (AvgIpc) is 3.55. The molecule has 1 atom stereocenters. The number of rotatable bonds is 6. The largest absolute Gasteiger partial charge is 0.443 e. The molecule has 1 fully saturated rings. The average molecular weight is 460 g/mol. The molecule has 3 aromatic heterocycles. The molecule has 0 saturated carbocycles. The number of nitrogens with zero attached hydrogens (tertiary/aromatic N) is 3. The van der Waals surface area contributed by atoms with Crippen LogP contribution in [0.4, 0.5) is 5.95 Å². The van der Waals surface area contributed by atoms with Gasteiger partial charge >= 0.3 is 0 Å². The van der Waals surface area contributed by atoms with Crippen LogP contribution in [0.3, 0.4) is 0 Å². The first-order valence-corrected chi connectivity index (χ1v) is 10.7. The Hall–Kier alpha value is -2.72. The summed E-state index contributed by atoms with van der Waals surface area (Å²) in [6.07, 6.45) is 5.23. The minimum absolute atomic E-state index is 0. The van der Waals surface area contributed by atoms with Crippen molar-refractivity contribution in [3.05, 3.63) is 53.4 Å². The summed E-state index contributed by atoms with van der Waals surface area (Å²) in [6, 6.07) is 9.65. The van der Waals surface area contributed by atoms with E-state index in [0.29, 0.717) is 22.6 Å². The van der Waals surface area contributed by atoms with Gasteiger partial charge in [-0.15, -0.1) is 23.7 Å². The van der Waals surface area contributed by atoms with Gasteiger partial charge < -0.3 is 19.4 Å². The molecule has 0 bridgehead atoms. The van der Waals surface area contributed by atoms with Gasteiger partial charge in [0.15, 0.2) is 12.2 Å². The van der Waals surface area contributed by atoms with E-state index in [9.17, 15) is 9.90 Å². The molecule has 4 heterocycles. The zero-order chi connectivity index (χ0) is 20.5. The third-order valence-corrected chi connectivity index (χ3v) is 6.39. The number of aliphatic hydroxyl groups is 1. The van der Waals surface area contributed by atoms with Crippen molar-refractivity contribution in [3.63, 3.8) is 0 Å². The van der Waals surface area contributed by atoms with Crippen LogP contribution in [-0.4, -0.2) is 38.1 Å². The number of benzene rings is 1. The lowest BCUT2D eigenvalue weighted by Gasteiger charge is -2.15. The normalized spacial score (nSPS) is 15.8. The number of carbonyl (C=O) groups is 1. The van der Waals surface area contributed by atoms with Crippen LogP contribution in [0.1, 0.15) is 28.1 Å². The number of anilines is 1. The number of carbonyl (C=O) groups excluding carboxylic acids is 1. The lowest BCUT2D eigenvalue weighted by molar-refractivity contribution is 0.102. The van der Waals surface area contributed by atoms with Crippen LogP contribution in [0, 0.1) is 0 Å². The first kappa shape index (κ1) is 21.5. The molecule has 31 heavy (non-hydrogen) atoms. The van der Waals surface area contributed by atoms with Crippen molar-refractivity contribution in [3.8, 4) is 10.6 Å². The maximum Gasteiger partial charge on any atom is 0.268 e. The van der Waals surface area contributed by atoms with Gasteiger partial charge in [0.05, 0.1) is 33.6 Å². The lowest BCUT2D eigenvalue weighted by atomic mass is 10.2. The van der Waals surface area contributed by atoms with E-state index in [2.05, 4.69) is 20.6 Å². The second-order valence-corrected chi connectivity index (χ2v) is 8.39. The van der Waals surface area contributed by atoms with E-state index in [1.165, 1.54) is 17.7 Å². The van der Waals surface area contributed by atoms with Gasteiger partial charge in [-0.1, -0.05) is 6.07 Å². The summed E-state index contributed by atoms with van der Waals surface area (Å²) in [5.41, 5.74) is 2.48. The Morgan fingerprint density at radius 3 is 3.00 bits per heavy atom. The fourth-order valence-electron chi connectivity index (χ4n) is 3.78. The highest BCUT2D eigenvalue weighted by Crippen LogP contribution is 2.29. The van der Waals surface area contributed by atoms with Gasteiger partial charge in [0.25, 0.3) is 5.91 Å². The van der Waals surface area contributed by atoms with E-state index in [0.717, 1.165) is 47.4 Å². The Bertz CT molecular complexity index is 1180. The molecule has 1 aromatic carbocycles. The van der Waals surface area contributed by atoms with Crippen molar-refractivity contribution in [2.75, 3.05) is 11.9 Å². The predicted octanol–water partition coefficient (Wildman–Crippen LogP) is 3.67. The summed E-state index contributed by atoms with van der Waals surface area (Å²) in [5.74, 6) is 0.924. The molecule has 0 radical (unpaired) electrons. The zero-order valence-electron chi connectivity index (χ0n) is 16.6. The van der Waals surface area contributed by atoms with Crippen LogP contribution in [0.2, 0.25) is 0 Å². The molecule has 1 unspecified atom stereocenters. The summed E-state index contributed by atoms with van der Waals surface area (Å²) in [7, 11) is 0. The highest BCUT2D eigenvalue weighted by molar-refractivity contribution is 7.17. The fraction of sp³-hybridized carbons (Fsp3) is 0.286. The maximum absolute atomic E-state index is 12.9. The minimum atomic E-state index is -0.218. The Labute approximate surface area is 188 Å². The van der Waals surface area contributed by atoms with E-state index in [4.69, 9.17) is 4.42 Å². The van der Waals surface area contributed by atoms with Gasteiger partial charge in [0.1, 0.15) is 0 Å². The molecule has 162 valence electrons. The van der Waals surface area contributed by atoms with Gasteiger partial charge in [-0.3, -0.25) is 10.1 Å². The predicted molar refractivity (Wildman–Crippen MR) is 122 cm³/mol. The van der Waals surface area contributed by atoms with Gasteiger partial charge in [0.2, 0.25) is 5.95 Å². The highest BCUT2D eigenvalue weighted by atomic mass is 35.5. The number of fused-ring (bicyclic) bond motifs is 1. The molecular weight excluding hydrogens is 438 g/mol. The van der Waals surface area contributed by atoms with Crippen molar-refractivity contribution in [2.24, 2.45) is 0 Å². The van der Waals surface area contributed by atoms with Crippen LogP contribution in [0.25, 0.3) is 21.7 Å². The molecule has 1 aliphatic rings. The maximum atomic E-state index is 12.9. The van der Waals surface area contributed by atoms with Crippen LogP contribution in [0.5, 0.6) is 0 Å². The summed E-state index contributed by atoms with van der Waals surface area (Å²) < 4.78 is 7.35. The number of imidazole rings is 1. The summed E-state index contributed by atoms with van der Waals surface area (Å²) in [5, 5.41) is 15.9. The second-order valence-electron chi connectivity index (χ2n) is 7.30. The summed E-state index contributed by atoms with van der Waals surface area (Å²) >= 11 is 1.34. The number of hydrogen-bond donors (Lipinski definition) is 3. The van der Waals surface area contributed by atoms with Crippen molar-refractivity contribution in [1.82, 2.24) is 19.9 Å². The minimum Gasteiger partial charge on any atom is -0.443 e. The number of oxazole rings is 1. The van der Waals surface area contributed by atoms with Crippen LogP contribution >= 0.6 is 23.7 Å². The van der Waals surface area contributed by atoms with Crippen molar-refractivity contribution in [1.29, 1.82) is 0 Å². The molecular formula is C21H22ClN5O3S. The topological polar surface area (TPSA) is 105 Å². The molecule has 1 amide bonds. The Kier molecular flexibility index (Phi) is 6.38. The van der Waals surface area contributed by atoms with Crippen LogP contribution in [0.15, 0.2) is 47.3 Å². The third kappa shape index (κ3) is 4.35. The number of thiophene rings is 1. The number of amides is 1. The van der Waals surface area contributed by atoms with Gasteiger partial charge in [-0.25, -0.2) is 9.97 Å². The Morgan fingerprint density at radius 2 is 2.26 bits per heavy atom. The van der Waals surface area contributed by atoms with E-state index < -0.39 is 0 Å².